The predicted molar refractivity (Wildman–Crippen MR) is 80.9 cm³/mol. The Hall–Kier alpha value is -1.40. The van der Waals surface area contributed by atoms with Crippen LogP contribution >= 0.6 is 0 Å². The van der Waals surface area contributed by atoms with Crippen molar-refractivity contribution in [2.45, 2.75) is 30.6 Å². The van der Waals surface area contributed by atoms with Gasteiger partial charge in [0, 0.05) is 0 Å². The molecule has 1 aromatic rings. The summed E-state index contributed by atoms with van der Waals surface area (Å²) in [6.07, 6.45) is 4.51. The van der Waals surface area contributed by atoms with E-state index in [0.29, 0.717) is 12.2 Å². The van der Waals surface area contributed by atoms with Crippen molar-refractivity contribution in [2.24, 2.45) is 10.3 Å². The van der Waals surface area contributed by atoms with Crippen LogP contribution in [0.25, 0.3) is 0 Å². The molecule has 0 unspecified atom stereocenters. The van der Waals surface area contributed by atoms with Gasteiger partial charge in [0.1, 0.15) is 4.90 Å². The lowest BCUT2D eigenvalue weighted by molar-refractivity contribution is 0.266. The Morgan fingerprint density at radius 3 is 2.81 bits per heavy atom. The van der Waals surface area contributed by atoms with Crippen LogP contribution < -0.4 is 5.32 Å². The molecule has 0 amide bonds. The van der Waals surface area contributed by atoms with E-state index in [1.165, 1.54) is 12.8 Å². The van der Waals surface area contributed by atoms with Gasteiger partial charge in [-0.05, 0) is 56.8 Å². The molecule has 0 spiro atoms. The number of fused-ring (bicyclic) bond motifs is 1. The highest BCUT2D eigenvalue weighted by Crippen LogP contribution is 2.26. The molecule has 1 saturated heterocycles. The monoisotopic (exact) mass is 308 g/mol. The zero-order valence-corrected chi connectivity index (χ0v) is 12.7. The maximum absolute atomic E-state index is 11.9. The highest BCUT2D eigenvalue weighted by Gasteiger charge is 2.29. The van der Waals surface area contributed by atoms with E-state index in [0.717, 1.165) is 31.8 Å². The van der Waals surface area contributed by atoms with Crippen molar-refractivity contribution < 1.29 is 13.2 Å². The van der Waals surface area contributed by atoms with Gasteiger partial charge in [0.25, 0.3) is 10.0 Å². The van der Waals surface area contributed by atoms with Crippen LogP contribution in [0.2, 0.25) is 0 Å². The van der Waals surface area contributed by atoms with Crippen LogP contribution in [-0.2, 0) is 14.8 Å². The number of benzene rings is 1. The predicted octanol–water partition coefficient (Wildman–Crippen LogP) is 1.93. The lowest BCUT2D eigenvalue weighted by atomic mass is 9.93. The molecule has 2 aliphatic heterocycles. The highest BCUT2D eigenvalue weighted by molar-refractivity contribution is 7.90. The van der Waals surface area contributed by atoms with Crippen LogP contribution in [0.15, 0.2) is 33.6 Å². The second-order valence-electron chi connectivity index (χ2n) is 5.55. The number of rotatable bonds is 4. The molecule has 6 heteroatoms. The fourth-order valence-electron chi connectivity index (χ4n) is 2.89. The molecule has 0 radical (unpaired) electrons. The maximum atomic E-state index is 11.9. The van der Waals surface area contributed by atoms with Crippen molar-refractivity contribution in [1.29, 1.82) is 0 Å². The first-order valence-electron chi connectivity index (χ1n) is 7.45. The zero-order valence-electron chi connectivity index (χ0n) is 11.9. The topological polar surface area (TPSA) is 67.8 Å². The average Bonchev–Trinajstić information content (AvgIpc) is 2.77. The van der Waals surface area contributed by atoms with Gasteiger partial charge in [-0.15, -0.1) is 4.40 Å². The van der Waals surface area contributed by atoms with Crippen molar-refractivity contribution in [2.75, 3.05) is 19.7 Å². The maximum Gasteiger partial charge on any atom is 0.286 e. The van der Waals surface area contributed by atoms with E-state index in [9.17, 15) is 8.42 Å². The summed E-state index contributed by atoms with van der Waals surface area (Å²) in [5.74, 6) is 1.01. The molecule has 2 aliphatic rings. The molecule has 114 valence electrons. The molecule has 2 heterocycles. The largest absolute Gasteiger partial charge is 0.477 e. The van der Waals surface area contributed by atoms with Gasteiger partial charge in [0.05, 0.1) is 12.2 Å². The summed E-state index contributed by atoms with van der Waals surface area (Å²) in [7, 11) is -3.56. The zero-order chi connectivity index (χ0) is 14.7. The summed E-state index contributed by atoms with van der Waals surface area (Å²) in [4.78, 5) is 0.248. The SMILES string of the molecule is O=S1(=O)N=C(OCCCC2CCNCC2)c2ccccc21. The fraction of sp³-hybridized carbons (Fsp3) is 0.533. The number of hydrogen-bond acceptors (Lipinski definition) is 4. The summed E-state index contributed by atoms with van der Waals surface area (Å²) in [5.41, 5.74) is 0.583. The molecule has 0 bridgehead atoms. The summed E-state index contributed by atoms with van der Waals surface area (Å²) < 4.78 is 33.1. The molecule has 1 fully saturated rings. The van der Waals surface area contributed by atoms with E-state index < -0.39 is 10.0 Å². The molecular weight excluding hydrogens is 288 g/mol. The second kappa shape index (κ2) is 6.15. The van der Waals surface area contributed by atoms with Crippen LogP contribution in [0.4, 0.5) is 0 Å². The molecule has 0 atom stereocenters. The summed E-state index contributed by atoms with van der Waals surface area (Å²) in [6.45, 7) is 2.72. The Kier molecular flexibility index (Phi) is 4.26. The van der Waals surface area contributed by atoms with Crippen molar-refractivity contribution >= 4 is 15.9 Å². The van der Waals surface area contributed by atoms with Crippen LogP contribution in [0.3, 0.4) is 0 Å². The van der Waals surface area contributed by atoms with Crippen molar-refractivity contribution in [3.8, 4) is 0 Å². The highest BCUT2D eigenvalue weighted by atomic mass is 32.2. The van der Waals surface area contributed by atoms with E-state index in [2.05, 4.69) is 9.71 Å². The van der Waals surface area contributed by atoms with Gasteiger partial charge in [-0.2, -0.15) is 8.42 Å². The van der Waals surface area contributed by atoms with Crippen LogP contribution in [-0.4, -0.2) is 34.0 Å². The molecular formula is C15H20N2O3S. The van der Waals surface area contributed by atoms with Crippen molar-refractivity contribution in [3.05, 3.63) is 29.8 Å². The van der Waals surface area contributed by atoms with Gasteiger partial charge < -0.3 is 10.1 Å². The first-order valence-corrected chi connectivity index (χ1v) is 8.89. The van der Waals surface area contributed by atoms with E-state index >= 15 is 0 Å². The van der Waals surface area contributed by atoms with Crippen LogP contribution in [0.5, 0.6) is 0 Å². The molecule has 0 aliphatic carbocycles. The standard InChI is InChI=1S/C15H20N2O3S/c18-21(19)14-6-2-1-5-13(14)15(17-21)20-11-3-4-12-7-9-16-10-8-12/h1-2,5-6,12,16H,3-4,7-11H2. The average molecular weight is 308 g/mol. The number of nitrogens with one attached hydrogen (secondary N) is 1. The Morgan fingerprint density at radius 1 is 1.24 bits per heavy atom. The van der Waals surface area contributed by atoms with Gasteiger partial charge in [-0.25, -0.2) is 0 Å². The number of sulfonamides is 1. The Labute approximate surface area is 125 Å². The number of nitrogens with zero attached hydrogens (tertiary/aromatic N) is 1. The number of ether oxygens (including phenoxy) is 1. The van der Waals surface area contributed by atoms with Gasteiger partial charge in [-0.1, -0.05) is 12.1 Å². The minimum absolute atomic E-state index is 0.246. The smallest absolute Gasteiger partial charge is 0.286 e. The van der Waals surface area contributed by atoms with Gasteiger partial charge in [0.15, 0.2) is 0 Å². The fourth-order valence-corrected chi connectivity index (χ4v) is 4.04. The minimum Gasteiger partial charge on any atom is -0.477 e. The van der Waals surface area contributed by atoms with E-state index in [1.807, 2.05) is 0 Å². The molecule has 21 heavy (non-hydrogen) atoms. The third-order valence-electron chi connectivity index (χ3n) is 4.05. The Morgan fingerprint density at radius 2 is 2.00 bits per heavy atom. The van der Waals surface area contributed by atoms with E-state index in [1.54, 1.807) is 24.3 Å². The minimum atomic E-state index is -3.56. The second-order valence-corrected chi connectivity index (χ2v) is 7.12. The lowest BCUT2D eigenvalue weighted by Crippen LogP contribution is -2.27. The molecule has 1 N–H and O–H groups in total. The van der Waals surface area contributed by atoms with Crippen molar-refractivity contribution in [1.82, 2.24) is 5.32 Å². The third kappa shape index (κ3) is 3.27. The normalized spacial score (nSPS) is 20.9. The van der Waals surface area contributed by atoms with Crippen molar-refractivity contribution in [3.63, 3.8) is 0 Å². The lowest BCUT2D eigenvalue weighted by Gasteiger charge is -2.22. The number of piperidine rings is 1. The Balaban J connectivity index is 1.54. The van der Waals surface area contributed by atoms with Crippen LogP contribution in [0.1, 0.15) is 31.2 Å². The quantitative estimate of drug-likeness (QED) is 0.863. The summed E-state index contributed by atoms with van der Waals surface area (Å²) >= 11 is 0. The van der Waals surface area contributed by atoms with Gasteiger partial charge in [-0.3, -0.25) is 0 Å². The summed E-state index contributed by atoms with van der Waals surface area (Å²) in [6, 6.07) is 6.81. The Bertz CT molecular complexity index is 634. The molecule has 3 rings (SSSR count). The van der Waals surface area contributed by atoms with Crippen LogP contribution in [0, 0.1) is 5.92 Å². The molecule has 5 nitrogen and oxygen atoms in total. The molecule has 0 aromatic heterocycles. The first-order chi connectivity index (χ1) is 10.2. The number of hydrogen-bond donors (Lipinski definition) is 1. The van der Waals surface area contributed by atoms with E-state index in [4.69, 9.17) is 4.74 Å². The molecule has 1 aromatic carbocycles. The van der Waals surface area contributed by atoms with E-state index in [-0.39, 0.29) is 10.8 Å². The van der Waals surface area contributed by atoms with Gasteiger partial charge in [0.2, 0.25) is 5.90 Å². The van der Waals surface area contributed by atoms with Gasteiger partial charge >= 0.3 is 0 Å². The summed E-state index contributed by atoms with van der Waals surface area (Å²) in [5, 5.41) is 3.35. The first kappa shape index (κ1) is 14.5. The molecule has 0 saturated carbocycles. The third-order valence-corrected chi connectivity index (χ3v) is 5.37.